The topological polar surface area (TPSA) is 43.4 Å². The monoisotopic (exact) mass is 262 g/mol. The fraction of sp³-hybridized carbons (Fsp3) is 0.455. The molecular formula is C11H15ClO3S. The quantitative estimate of drug-likeness (QED) is 0.761. The summed E-state index contributed by atoms with van der Waals surface area (Å²) in [7, 11) is -1.45. The number of halogens is 1. The lowest BCUT2D eigenvalue weighted by Crippen LogP contribution is -2.17. The predicted molar refractivity (Wildman–Crippen MR) is 66.0 cm³/mol. The fourth-order valence-corrected chi connectivity index (χ4v) is 3.13. The molecule has 0 fully saturated rings. The van der Waals surface area contributed by atoms with Crippen molar-refractivity contribution in [3.63, 3.8) is 0 Å². The molecular weight excluding hydrogens is 248 g/mol. The van der Waals surface area contributed by atoms with E-state index in [-0.39, 0.29) is 5.75 Å². The Morgan fingerprint density at radius 1 is 1.38 bits per heavy atom. The third-order valence-electron chi connectivity index (χ3n) is 2.12. The standard InChI is InChI=1S/C11H15ClO3S/c1-15-11-6-4-3-5-9(11)7-10(12)8-16(2,13)14/h3-6,10H,7-8H2,1-2H3. The van der Waals surface area contributed by atoms with Gasteiger partial charge in [0, 0.05) is 6.26 Å². The number of hydrogen-bond donors (Lipinski definition) is 0. The molecule has 0 heterocycles. The molecule has 1 aromatic rings. The summed E-state index contributed by atoms with van der Waals surface area (Å²) in [5.41, 5.74) is 0.925. The van der Waals surface area contributed by atoms with Crippen molar-refractivity contribution in [2.75, 3.05) is 19.1 Å². The van der Waals surface area contributed by atoms with E-state index in [2.05, 4.69) is 0 Å². The van der Waals surface area contributed by atoms with Crippen molar-refractivity contribution >= 4 is 21.4 Å². The van der Waals surface area contributed by atoms with Gasteiger partial charge >= 0.3 is 0 Å². The summed E-state index contributed by atoms with van der Waals surface area (Å²) in [4.78, 5) is 0. The minimum Gasteiger partial charge on any atom is -0.496 e. The first-order chi connectivity index (χ1) is 7.42. The number of alkyl halides is 1. The van der Waals surface area contributed by atoms with Gasteiger partial charge in [-0.3, -0.25) is 0 Å². The number of methoxy groups -OCH3 is 1. The molecule has 3 nitrogen and oxygen atoms in total. The van der Waals surface area contributed by atoms with Crippen molar-refractivity contribution in [2.24, 2.45) is 0 Å². The average Bonchev–Trinajstić information content (AvgIpc) is 2.15. The lowest BCUT2D eigenvalue weighted by Gasteiger charge is -2.11. The van der Waals surface area contributed by atoms with Crippen LogP contribution in [0.5, 0.6) is 5.75 Å². The van der Waals surface area contributed by atoms with E-state index in [0.717, 1.165) is 11.3 Å². The second-order valence-corrected chi connectivity index (χ2v) is 6.51. The summed E-state index contributed by atoms with van der Waals surface area (Å²) in [6.45, 7) is 0. The van der Waals surface area contributed by atoms with Crippen LogP contribution in [0.2, 0.25) is 0 Å². The summed E-state index contributed by atoms with van der Waals surface area (Å²) in [5, 5.41) is -0.425. The Morgan fingerprint density at radius 2 is 2.00 bits per heavy atom. The number of rotatable bonds is 5. The Balaban J connectivity index is 2.73. The highest BCUT2D eigenvalue weighted by molar-refractivity contribution is 7.90. The van der Waals surface area contributed by atoms with Gasteiger partial charge in [0.25, 0.3) is 0 Å². The number of sulfone groups is 1. The number of ether oxygens (including phenoxy) is 1. The predicted octanol–water partition coefficient (Wildman–Crippen LogP) is 1.89. The van der Waals surface area contributed by atoms with E-state index in [1.54, 1.807) is 7.11 Å². The number of para-hydroxylation sites is 1. The summed E-state index contributed by atoms with van der Waals surface area (Å²) in [5.74, 6) is 0.716. The molecule has 0 amide bonds. The Hall–Kier alpha value is -0.740. The maximum Gasteiger partial charge on any atom is 0.148 e. The van der Waals surface area contributed by atoms with E-state index in [4.69, 9.17) is 16.3 Å². The molecule has 0 aliphatic rings. The molecule has 0 aliphatic carbocycles. The van der Waals surface area contributed by atoms with Crippen LogP contribution in [0.3, 0.4) is 0 Å². The molecule has 0 bridgehead atoms. The zero-order valence-corrected chi connectivity index (χ0v) is 10.9. The Kier molecular flexibility index (Phi) is 4.62. The van der Waals surface area contributed by atoms with E-state index in [1.807, 2.05) is 24.3 Å². The van der Waals surface area contributed by atoms with Gasteiger partial charge in [-0.05, 0) is 18.1 Å². The van der Waals surface area contributed by atoms with Crippen LogP contribution in [0.15, 0.2) is 24.3 Å². The van der Waals surface area contributed by atoms with Gasteiger partial charge in [0.1, 0.15) is 15.6 Å². The van der Waals surface area contributed by atoms with Gasteiger partial charge < -0.3 is 4.74 Å². The molecule has 0 spiro atoms. The second kappa shape index (κ2) is 5.55. The van der Waals surface area contributed by atoms with Gasteiger partial charge in [0.2, 0.25) is 0 Å². The highest BCUT2D eigenvalue weighted by atomic mass is 35.5. The van der Waals surface area contributed by atoms with Crippen LogP contribution in [-0.2, 0) is 16.3 Å². The summed E-state index contributed by atoms with van der Waals surface area (Å²) < 4.78 is 27.3. The molecule has 0 N–H and O–H groups in total. The number of hydrogen-bond acceptors (Lipinski definition) is 3. The molecule has 16 heavy (non-hydrogen) atoms. The molecule has 0 aromatic heterocycles. The van der Waals surface area contributed by atoms with E-state index in [1.165, 1.54) is 6.26 Å². The zero-order chi connectivity index (χ0) is 12.2. The van der Waals surface area contributed by atoms with Crippen molar-refractivity contribution in [1.82, 2.24) is 0 Å². The van der Waals surface area contributed by atoms with Gasteiger partial charge in [-0.2, -0.15) is 0 Å². The normalized spacial score (nSPS) is 13.4. The maximum atomic E-state index is 11.1. The summed E-state index contributed by atoms with van der Waals surface area (Å²) in [6.07, 6.45) is 1.67. The molecule has 1 rings (SSSR count). The van der Waals surface area contributed by atoms with Gasteiger partial charge in [-0.15, -0.1) is 11.6 Å². The van der Waals surface area contributed by atoms with Crippen molar-refractivity contribution in [3.8, 4) is 5.75 Å². The molecule has 1 unspecified atom stereocenters. The average molecular weight is 263 g/mol. The minimum atomic E-state index is -3.04. The first-order valence-electron chi connectivity index (χ1n) is 4.86. The van der Waals surface area contributed by atoms with Crippen molar-refractivity contribution in [2.45, 2.75) is 11.8 Å². The summed E-state index contributed by atoms with van der Waals surface area (Å²) >= 11 is 5.99. The van der Waals surface area contributed by atoms with E-state index in [0.29, 0.717) is 6.42 Å². The van der Waals surface area contributed by atoms with Gasteiger partial charge in [-0.25, -0.2) is 8.42 Å². The molecule has 1 atom stereocenters. The second-order valence-electron chi connectivity index (χ2n) is 3.71. The van der Waals surface area contributed by atoms with Crippen LogP contribution in [0.1, 0.15) is 5.56 Å². The van der Waals surface area contributed by atoms with Crippen LogP contribution in [-0.4, -0.2) is 32.9 Å². The molecule has 0 radical (unpaired) electrons. The number of benzene rings is 1. The fourth-order valence-electron chi connectivity index (χ4n) is 1.50. The van der Waals surface area contributed by atoms with Crippen LogP contribution in [0.25, 0.3) is 0 Å². The highest BCUT2D eigenvalue weighted by Crippen LogP contribution is 2.21. The van der Waals surface area contributed by atoms with Crippen LogP contribution >= 0.6 is 11.6 Å². The van der Waals surface area contributed by atoms with Crippen LogP contribution < -0.4 is 4.74 Å². The maximum absolute atomic E-state index is 11.1. The lowest BCUT2D eigenvalue weighted by atomic mass is 10.1. The molecule has 0 saturated carbocycles. The summed E-state index contributed by atoms with van der Waals surface area (Å²) in [6, 6.07) is 7.46. The first-order valence-corrected chi connectivity index (χ1v) is 7.36. The van der Waals surface area contributed by atoms with Crippen molar-refractivity contribution in [1.29, 1.82) is 0 Å². The molecule has 1 aromatic carbocycles. The first kappa shape index (κ1) is 13.3. The van der Waals surface area contributed by atoms with Crippen LogP contribution in [0.4, 0.5) is 0 Å². The largest absolute Gasteiger partial charge is 0.496 e. The SMILES string of the molecule is COc1ccccc1CC(Cl)CS(C)(=O)=O. The van der Waals surface area contributed by atoms with E-state index >= 15 is 0 Å². The van der Waals surface area contributed by atoms with Gasteiger partial charge in [0.15, 0.2) is 0 Å². The smallest absolute Gasteiger partial charge is 0.148 e. The van der Waals surface area contributed by atoms with E-state index in [9.17, 15) is 8.42 Å². The van der Waals surface area contributed by atoms with Crippen molar-refractivity contribution < 1.29 is 13.2 Å². The third-order valence-corrected chi connectivity index (χ3v) is 3.62. The van der Waals surface area contributed by atoms with Gasteiger partial charge in [0.05, 0.1) is 18.2 Å². The van der Waals surface area contributed by atoms with Crippen LogP contribution in [0, 0.1) is 0 Å². The molecule has 90 valence electrons. The minimum absolute atomic E-state index is 0.0212. The Morgan fingerprint density at radius 3 is 2.56 bits per heavy atom. The molecule has 0 saturated heterocycles. The highest BCUT2D eigenvalue weighted by Gasteiger charge is 2.15. The Labute approximate surface area is 101 Å². The van der Waals surface area contributed by atoms with Crippen molar-refractivity contribution in [3.05, 3.63) is 29.8 Å². The molecule has 5 heteroatoms. The lowest BCUT2D eigenvalue weighted by molar-refractivity contribution is 0.409. The van der Waals surface area contributed by atoms with Gasteiger partial charge in [-0.1, -0.05) is 18.2 Å². The zero-order valence-electron chi connectivity index (χ0n) is 9.31. The molecule has 0 aliphatic heterocycles. The Bertz CT molecular complexity index is 442. The third kappa shape index (κ3) is 4.41. The van der Waals surface area contributed by atoms with E-state index < -0.39 is 15.2 Å².